The molecule has 3 N–H and O–H groups in total. The Morgan fingerprint density at radius 3 is 2.64 bits per heavy atom. The largest absolute Gasteiger partial charge is 0.376 e. The van der Waals surface area contributed by atoms with Crippen LogP contribution in [-0.2, 0) is 4.79 Å². The minimum absolute atomic E-state index is 0.0552. The molecule has 2 aromatic rings. The number of halogens is 1. The van der Waals surface area contributed by atoms with Crippen LogP contribution in [0.2, 0.25) is 5.02 Å². The number of carbonyl (C=O) groups excluding carboxylic acids is 2. The molecule has 130 valence electrons. The van der Waals surface area contributed by atoms with E-state index in [1.165, 1.54) is 0 Å². The van der Waals surface area contributed by atoms with Gasteiger partial charge in [0.25, 0.3) is 5.91 Å². The average Bonchev–Trinajstić information content (AvgIpc) is 3.40. The zero-order valence-corrected chi connectivity index (χ0v) is 14.7. The van der Waals surface area contributed by atoms with Crippen molar-refractivity contribution in [2.24, 2.45) is 0 Å². The van der Waals surface area contributed by atoms with Gasteiger partial charge in [-0.15, -0.1) is 0 Å². The Morgan fingerprint density at radius 1 is 1.12 bits per heavy atom. The third kappa shape index (κ3) is 4.73. The van der Waals surface area contributed by atoms with E-state index in [0.29, 0.717) is 22.0 Å². The fourth-order valence-electron chi connectivity index (χ4n) is 2.42. The smallest absolute Gasteiger partial charge is 0.253 e. The lowest BCUT2D eigenvalue weighted by Crippen LogP contribution is -2.27. The van der Waals surface area contributed by atoms with E-state index in [0.717, 1.165) is 18.4 Å². The Labute approximate surface area is 151 Å². The molecule has 0 heterocycles. The monoisotopic (exact) mass is 357 g/mol. The minimum atomic E-state index is -0.206. The minimum Gasteiger partial charge on any atom is -0.376 e. The lowest BCUT2D eigenvalue weighted by molar-refractivity contribution is -0.114. The summed E-state index contributed by atoms with van der Waals surface area (Å²) in [6, 6.07) is 12.8. The summed E-state index contributed by atoms with van der Waals surface area (Å²) in [5.41, 5.74) is 2.79. The van der Waals surface area contributed by atoms with Crippen molar-refractivity contribution >= 4 is 34.8 Å². The molecule has 3 rings (SSSR count). The van der Waals surface area contributed by atoms with Gasteiger partial charge in [-0.2, -0.15) is 0 Å². The Balaban J connectivity index is 1.62. The van der Waals surface area contributed by atoms with Crippen LogP contribution >= 0.6 is 11.6 Å². The number of hydrogen-bond acceptors (Lipinski definition) is 3. The highest BCUT2D eigenvalue weighted by atomic mass is 35.5. The molecule has 0 aromatic heterocycles. The number of benzene rings is 2. The summed E-state index contributed by atoms with van der Waals surface area (Å²) in [5.74, 6) is -0.320. The van der Waals surface area contributed by atoms with Gasteiger partial charge in [0.05, 0.1) is 12.1 Å². The lowest BCUT2D eigenvalue weighted by atomic mass is 10.1. The van der Waals surface area contributed by atoms with E-state index in [9.17, 15) is 9.59 Å². The van der Waals surface area contributed by atoms with Gasteiger partial charge in [-0.25, -0.2) is 0 Å². The number of hydrogen-bond donors (Lipinski definition) is 3. The molecule has 1 aliphatic rings. The van der Waals surface area contributed by atoms with E-state index in [1.807, 2.05) is 25.1 Å². The van der Waals surface area contributed by atoms with Gasteiger partial charge >= 0.3 is 0 Å². The highest BCUT2D eigenvalue weighted by Gasteiger charge is 2.24. The van der Waals surface area contributed by atoms with Crippen LogP contribution in [0.3, 0.4) is 0 Å². The molecule has 1 saturated carbocycles. The fourth-order valence-corrected chi connectivity index (χ4v) is 2.60. The first kappa shape index (κ1) is 17.3. The molecular formula is C19H20ClN3O2. The molecule has 0 atom stereocenters. The highest BCUT2D eigenvalue weighted by Crippen LogP contribution is 2.22. The van der Waals surface area contributed by atoms with E-state index < -0.39 is 0 Å². The number of nitrogens with one attached hydrogen (secondary N) is 3. The maximum atomic E-state index is 12.3. The molecule has 0 unspecified atom stereocenters. The van der Waals surface area contributed by atoms with Crippen LogP contribution in [0, 0.1) is 6.92 Å². The van der Waals surface area contributed by atoms with Gasteiger partial charge in [-0.3, -0.25) is 9.59 Å². The number of para-hydroxylation sites is 1. The summed E-state index contributed by atoms with van der Waals surface area (Å²) < 4.78 is 0. The maximum absolute atomic E-state index is 12.3. The van der Waals surface area contributed by atoms with Crippen molar-refractivity contribution in [3.8, 4) is 0 Å². The van der Waals surface area contributed by atoms with Crippen molar-refractivity contribution in [3.63, 3.8) is 0 Å². The number of rotatable bonds is 6. The molecular weight excluding hydrogens is 338 g/mol. The SMILES string of the molecule is Cc1ccc(Cl)cc1NC(=O)CNc1ccccc1C(=O)NC1CC1. The van der Waals surface area contributed by atoms with E-state index in [2.05, 4.69) is 16.0 Å². The summed E-state index contributed by atoms with van der Waals surface area (Å²) in [4.78, 5) is 24.5. The van der Waals surface area contributed by atoms with Crippen molar-refractivity contribution in [2.45, 2.75) is 25.8 Å². The van der Waals surface area contributed by atoms with Crippen LogP contribution in [-0.4, -0.2) is 24.4 Å². The Bertz CT molecular complexity index is 803. The number of carbonyl (C=O) groups is 2. The van der Waals surface area contributed by atoms with Crippen molar-refractivity contribution in [1.29, 1.82) is 0 Å². The summed E-state index contributed by atoms with van der Waals surface area (Å²) >= 11 is 5.96. The van der Waals surface area contributed by atoms with Gasteiger partial charge in [0.1, 0.15) is 0 Å². The second-order valence-corrected chi connectivity index (χ2v) is 6.59. The number of aryl methyl sites for hydroxylation is 1. The molecule has 1 aliphatic carbocycles. The molecule has 25 heavy (non-hydrogen) atoms. The number of amides is 2. The zero-order valence-electron chi connectivity index (χ0n) is 13.9. The molecule has 5 nitrogen and oxygen atoms in total. The first-order valence-electron chi connectivity index (χ1n) is 8.22. The molecule has 0 bridgehead atoms. The molecule has 0 spiro atoms. The van der Waals surface area contributed by atoms with E-state index in [4.69, 9.17) is 11.6 Å². The Kier molecular flexibility index (Phi) is 5.24. The first-order valence-corrected chi connectivity index (χ1v) is 8.60. The summed E-state index contributed by atoms with van der Waals surface area (Å²) in [6.45, 7) is 1.95. The predicted octanol–water partition coefficient (Wildman–Crippen LogP) is 3.59. The van der Waals surface area contributed by atoms with Gasteiger partial charge in [-0.05, 0) is 49.6 Å². The normalized spacial score (nSPS) is 13.2. The predicted molar refractivity (Wildman–Crippen MR) is 100 cm³/mol. The van der Waals surface area contributed by atoms with Crippen LogP contribution < -0.4 is 16.0 Å². The Hall–Kier alpha value is -2.53. The van der Waals surface area contributed by atoms with Gasteiger partial charge in [0.15, 0.2) is 0 Å². The zero-order chi connectivity index (χ0) is 17.8. The second kappa shape index (κ2) is 7.57. The van der Waals surface area contributed by atoms with E-state index >= 15 is 0 Å². The Morgan fingerprint density at radius 2 is 1.88 bits per heavy atom. The lowest BCUT2D eigenvalue weighted by Gasteiger charge is -2.13. The van der Waals surface area contributed by atoms with Gasteiger partial charge in [-0.1, -0.05) is 29.8 Å². The third-order valence-corrected chi connectivity index (χ3v) is 4.23. The quantitative estimate of drug-likeness (QED) is 0.740. The van der Waals surface area contributed by atoms with Crippen LogP contribution in [0.4, 0.5) is 11.4 Å². The van der Waals surface area contributed by atoms with Crippen LogP contribution in [0.25, 0.3) is 0 Å². The van der Waals surface area contributed by atoms with E-state index in [-0.39, 0.29) is 24.4 Å². The molecule has 1 fully saturated rings. The van der Waals surface area contributed by atoms with Crippen molar-refractivity contribution in [3.05, 3.63) is 58.6 Å². The summed E-state index contributed by atoms with van der Waals surface area (Å²) in [6.07, 6.45) is 2.06. The topological polar surface area (TPSA) is 70.2 Å². The van der Waals surface area contributed by atoms with Gasteiger partial charge in [0.2, 0.25) is 5.91 Å². The molecule has 0 aliphatic heterocycles. The van der Waals surface area contributed by atoms with Crippen molar-refractivity contribution in [1.82, 2.24) is 5.32 Å². The number of anilines is 2. The summed E-state index contributed by atoms with van der Waals surface area (Å²) in [5, 5.41) is 9.39. The molecule has 2 amide bonds. The molecule has 0 saturated heterocycles. The van der Waals surface area contributed by atoms with Crippen molar-refractivity contribution < 1.29 is 9.59 Å². The van der Waals surface area contributed by atoms with E-state index in [1.54, 1.807) is 24.3 Å². The van der Waals surface area contributed by atoms with Crippen LogP contribution in [0.1, 0.15) is 28.8 Å². The molecule has 0 radical (unpaired) electrons. The van der Waals surface area contributed by atoms with Gasteiger partial charge in [0, 0.05) is 22.4 Å². The van der Waals surface area contributed by atoms with Crippen LogP contribution in [0.5, 0.6) is 0 Å². The molecule has 6 heteroatoms. The summed E-state index contributed by atoms with van der Waals surface area (Å²) in [7, 11) is 0. The standard InChI is InChI=1S/C19H20ClN3O2/c1-12-6-7-13(20)10-17(12)23-18(24)11-21-16-5-3-2-4-15(16)19(25)22-14-8-9-14/h2-7,10,14,21H,8-9,11H2,1H3,(H,22,25)(H,23,24). The average molecular weight is 358 g/mol. The fraction of sp³-hybridized carbons (Fsp3) is 0.263. The van der Waals surface area contributed by atoms with Crippen molar-refractivity contribution in [2.75, 3.05) is 17.2 Å². The third-order valence-electron chi connectivity index (χ3n) is 4.00. The first-order chi connectivity index (χ1) is 12.0. The maximum Gasteiger partial charge on any atom is 0.253 e. The second-order valence-electron chi connectivity index (χ2n) is 6.15. The van der Waals surface area contributed by atoms with Gasteiger partial charge < -0.3 is 16.0 Å². The van der Waals surface area contributed by atoms with Crippen LogP contribution in [0.15, 0.2) is 42.5 Å². The molecule has 2 aromatic carbocycles. The highest BCUT2D eigenvalue weighted by molar-refractivity contribution is 6.31.